The van der Waals surface area contributed by atoms with E-state index in [2.05, 4.69) is 27.0 Å². The second-order valence-electron chi connectivity index (χ2n) is 7.41. The topological polar surface area (TPSA) is 32.3 Å². The molecule has 1 amide bonds. The Morgan fingerprint density at radius 3 is 2.70 bits per heavy atom. The molecule has 1 aromatic rings. The predicted octanol–water partition coefficient (Wildman–Crippen LogP) is 3.83. The van der Waals surface area contributed by atoms with Crippen LogP contribution < -0.4 is 5.32 Å². The van der Waals surface area contributed by atoms with Gasteiger partial charge in [-0.3, -0.25) is 4.79 Å². The van der Waals surface area contributed by atoms with Gasteiger partial charge in [0, 0.05) is 18.5 Å². The molecular formula is C18H27ClN2OS. The van der Waals surface area contributed by atoms with Crippen LogP contribution in [0.2, 0.25) is 0 Å². The van der Waals surface area contributed by atoms with E-state index in [4.69, 9.17) is 0 Å². The lowest BCUT2D eigenvalue weighted by molar-refractivity contribution is -0.137. The molecule has 0 bridgehead atoms. The number of nitrogens with one attached hydrogen (secondary N) is 1. The van der Waals surface area contributed by atoms with E-state index in [1.54, 1.807) is 11.3 Å². The Bertz CT molecular complexity index is 521. The van der Waals surface area contributed by atoms with E-state index < -0.39 is 0 Å². The van der Waals surface area contributed by atoms with Gasteiger partial charge in [0.15, 0.2) is 0 Å². The van der Waals surface area contributed by atoms with Crippen molar-refractivity contribution in [2.45, 2.75) is 57.5 Å². The molecule has 5 heteroatoms. The minimum absolute atomic E-state index is 0. The van der Waals surface area contributed by atoms with Gasteiger partial charge < -0.3 is 10.2 Å². The van der Waals surface area contributed by atoms with Crippen molar-refractivity contribution in [3.8, 4) is 0 Å². The minimum Gasteiger partial charge on any atom is -0.335 e. The summed E-state index contributed by atoms with van der Waals surface area (Å²) in [5.41, 5.74) is 1.75. The van der Waals surface area contributed by atoms with Crippen LogP contribution in [-0.2, 0) is 11.3 Å². The molecule has 0 radical (unpaired) electrons. The maximum atomic E-state index is 13.1. The Hall–Kier alpha value is -0.580. The van der Waals surface area contributed by atoms with Crippen LogP contribution in [-0.4, -0.2) is 29.9 Å². The molecule has 1 spiro atoms. The molecule has 3 fully saturated rings. The smallest absolute Gasteiger partial charge is 0.226 e. The maximum Gasteiger partial charge on any atom is 0.226 e. The largest absolute Gasteiger partial charge is 0.335 e. The van der Waals surface area contributed by atoms with E-state index >= 15 is 0 Å². The summed E-state index contributed by atoms with van der Waals surface area (Å²) < 4.78 is 0. The van der Waals surface area contributed by atoms with E-state index in [1.165, 1.54) is 37.7 Å². The van der Waals surface area contributed by atoms with E-state index in [1.807, 2.05) is 0 Å². The quantitative estimate of drug-likeness (QED) is 0.891. The van der Waals surface area contributed by atoms with Gasteiger partial charge in [0.1, 0.15) is 0 Å². The van der Waals surface area contributed by atoms with Crippen LogP contribution in [0.4, 0.5) is 0 Å². The Balaban J connectivity index is 0.00000156. The molecule has 1 aromatic heterocycles. The van der Waals surface area contributed by atoms with Crippen LogP contribution in [0.25, 0.3) is 0 Å². The van der Waals surface area contributed by atoms with Gasteiger partial charge in [0.25, 0.3) is 0 Å². The third-order valence-corrected chi connectivity index (χ3v) is 6.77. The van der Waals surface area contributed by atoms with Crippen molar-refractivity contribution in [3.05, 3.63) is 22.4 Å². The monoisotopic (exact) mass is 354 g/mol. The molecule has 2 heterocycles. The molecule has 3 nitrogen and oxygen atoms in total. The first kappa shape index (κ1) is 17.2. The maximum absolute atomic E-state index is 13.1. The normalized spacial score (nSPS) is 26.0. The second-order valence-corrected chi connectivity index (χ2v) is 8.19. The van der Waals surface area contributed by atoms with Crippen molar-refractivity contribution >= 4 is 29.7 Å². The molecular weight excluding hydrogens is 328 g/mol. The first-order chi connectivity index (χ1) is 10.8. The number of hydrogen-bond donors (Lipinski definition) is 1. The lowest BCUT2D eigenvalue weighted by atomic mass is 9.93. The molecule has 2 saturated carbocycles. The summed E-state index contributed by atoms with van der Waals surface area (Å²) in [6.07, 6.45) is 8.42. The van der Waals surface area contributed by atoms with Crippen LogP contribution in [0.3, 0.4) is 0 Å². The van der Waals surface area contributed by atoms with Gasteiger partial charge in [0.05, 0.1) is 0 Å². The molecule has 1 N–H and O–H groups in total. The Morgan fingerprint density at radius 1 is 1.30 bits per heavy atom. The lowest BCUT2D eigenvalue weighted by Gasteiger charge is -2.31. The number of rotatable bonds is 4. The minimum atomic E-state index is 0. The van der Waals surface area contributed by atoms with Gasteiger partial charge in [-0.15, -0.1) is 12.4 Å². The fraction of sp³-hybridized carbons (Fsp3) is 0.722. The van der Waals surface area contributed by atoms with Gasteiger partial charge in [-0.2, -0.15) is 11.3 Å². The van der Waals surface area contributed by atoms with Crippen molar-refractivity contribution in [3.63, 3.8) is 0 Å². The van der Waals surface area contributed by atoms with E-state index in [0.717, 1.165) is 32.5 Å². The Morgan fingerprint density at radius 2 is 2.04 bits per heavy atom. The number of halogens is 1. The van der Waals surface area contributed by atoms with Crippen LogP contribution in [0.1, 0.15) is 50.5 Å². The van der Waals surface area contributed by atoms with Crippen molar-refractivity contribution in [2.75, 3.05) is 13.1 Å². The third-order valence-electron chi connectivity index (χ3n) is 6.04. The number of hydrogen-bond acceptors (Lipinski definition) is 3. The van der Waals surface area contributed by atoms with Crippen molar-refractivity contribution in [1.82, 2.24) is 10.2 Å². The van der Waals surface area contributed by atoms with Crippen molar-refractivity contribution in [1.29, 1.82) is 0 Å². The first-order valence-corrected chi connectivity index (χ1v) is 9.75. The van der Waals surface area contributed by atoms with Gasteiger partial charge in [-0.05, 0) is 73.0 Å². The molecule has 1 saturated heterocycles. The highest BCUT2D eigenvalue weighted by Crippen LogP contribution is 2.56. The summed E-state index contributed by atoms with van der Waals surface area (Å²) >= 11 is 1.74. The summed E-state index contributed by atoms with van der Waals surface area (Å²) in [4.78, 5) is 15.4. The highest BCUT2D eigenvalue weighted by molar-refractivity contribution is 7.07. The average Bonchev–Trinajstić information content (AvgIpc) is 3.02. The highest BCUT2D eigenvalue weighted by Gasteiger charge is 2.58. The third kappa shape index (κ3) is 3.45. The van der Waals surface area contributed by atoms with E-state index in [0.29, 0.717) is 23.3 Å². The number of amides is 1. The fourth-order valence-electron chi connectivity index (χ4n) is 4.56. The van der Waals surface area contributed by atoms with Crippen molar-refractivity contribution < 1.29 is 4.79 Å². The van der Waals surface area contributed by atoms with E-state index in [9.17, 15) is 4.79 Å². The zero-order valence-corrected chi connectivity index (χ0v) is 15.3. The number of carbonyl (C=O) groups excluding carboxylic acids is 1. The Kier molecular flexibility index (Phi) is 5.34. The molecule has 4 rings (SSSR count). The summed E-state index contributed by atoms with van der Waals surface area (Å²) in [7, 11) is 0. The zero-order chi connectivity index (χ0) is 15.0. The SMILES string of the molecule is Cl.O=C(C1CCCC1)N(Cc1ccsc1)C1CC12CCNCC2. The fourth-order valence-corrected chi connectivity index (χ4v) is 5.22. The van der Waals surface area contributed by atoms with Crippen LogP contribution >= 0.6 is 23.7 Å². The molecule has 23 heavy (non-hydrogen) atoms. The number of thiophene rings is 1. The molecule has 1 atom stereocenters. The predicted molar refractivity (Wildman–Crippen MR) is 97.0 cm³/mol. The number of carbonyl (C=O) groups is 1. The second kappa shape index (κ2) is 7.12. The summed E-state index contributed by atoms with van der Waals surface area (Å²) in [5, 5.41) is 7.79. The van der Waals surface area contributed by atoms with E-state index in [-0.39, 0.29) is 12.4 Å². The number of piperidine rings is 1. The molecule has 0 aromatic carbocycles. The first-order valence-electron chi connectivity index (χ1n) is 8.81. The molecule has 2 aliphatic carbocycles. The van der Waals surface area contributed by atoms with Crippen molar-refractivity contribution in [2.24, 2.45) is 11.3 Å². The van der Waals surface area contributed by atoms with Crippen LogP contribution in [0.15, 0.2) is 16.8 Å². The average molecular weight is 355 g/mol. The standard InChI is InChI=1S/C18H26N2OS.ClH/c21-17(15-3-1-2-4-15)20(12-14-5-10-22-13-14)16-11-18(16)6-8-19-9-7-18;/h5,10,13,15-16,19H,1-4,6-9,11-12H2;1H. The van der Waals surface area contributed by atoms with Crippen LogP contribution in [0.5, 0.6) is 0 Å². The van der Waals surface area contributed by atoms with Crippen LogP contribution in [0, 0.1) is 11.3 Å². The highest BCUT2D eigenvalue weighted by atomic mass is 35.5. The zero-order valence-electron chi connectivity index (χ0n) is 13.6. The van der Waals surface area contributed by atoms with Gasteiger partial charge in [0.2, 0.25) is 5.91 Å². The Labute approximate surface area is 149 Å². The summed E-state index contributed by atoms with van der Waals surface area (Å²) in [5.74, 6) is 0.752. The summed E-state index contributed by atoms with van der Waals surface area (Å²) in [6.45, 7) is 3.08. The van der Waals surface area contributed by atoms with Gasteiger partial charge in [-0.1, -0.05) is 12.8 Å². The molecule has 1 unspecified atom stereocenters. The summed E-state index contributed by atoms with van der Waals surface area (Å²) in [6, 6.07) is 2.68. The molecule has 128 valence electrons. The number of nitrogens with zero attached hydrogens (tertiary/aromatic N) is 1. The lowest BCUT2D eigenvalue weighted by Crippen LogP contribution is -2.41. The molecule has 1 aliphatic heterocycles. The molecule has 3 aliphatic rings. The van der Waals surface area contributed by atoms with Gasteiger partial charge in [-0.25, -0.2) is 0 Å². The van der Waals surface area contributed by atoms with Gasteiger partial charge >= 0.3 is 0 Å².